The molecule has 144 valence electrons. The first-order valence-electron chi connectivity index (χ1n) is 8.83. The molecule has 1 N–H and O–H groups in total. The van der Waals surface area contributed by atoms with Crippen LogP contribution in [0.3, 0.4) is 0 Å². The van der Waals surface area contributed by atoms with Crippen LogP contribution in [0.15, 0.2) is 29.2 Å². The number of nitrogens with one attached hydrogen (secondary N) is 1. The van der Waals surface area contributed by atoms with Crippen molar-refractivity contribution in [3.8, 4) is 5.75 Å². The van der Waals surface area contributed by atoms with Gasteiger partial charge in [0, 0.05) is 25.2 Å². The van der Waals surface area contributed by atoms with E-state index in [1.807, 2.05) is 13.8 Å². The van der Waals surface area contributed by atoms with E-state index in [9.17, 15) is 13.2 Å². The summed E-state index contributed by atoms with van der Waals surface area (Å²) >= 11 is 0. The van der Waals surface area contributed by atoms with E-state index in [2.05, 4.69) is 10.4 Å². The minimum Gasteiger partial charge on any atom is -0.490 e. The zero-order valence-corrected chi connectivity index (χ0v) is 16.3. The van der Waals surface area contributed by atoms with Gasteiger partial charge in [-0.05, 0) is 32.4 Å². The molecule has 1 fully saturated rings. The standard InChI is InChI=1S/C18H22N4O4S/c1-11-12(2)20-21(3)17(11)18(23)19-13-8-14-10-26-15-6-4-5-7-16(15)27(24,25)22(14)9-13/h4-7,13-14H,8-10H2,1-3H3,(H,19,23)/t13-,14-/m0/s1. The van der Waals surface area contributed by atoms with Crippen molar-refractivity contribution in [3.05, 3.63) is 41.2 Å². The third-order valence-corrected chi connectivity index (χ3v) is 7.26. The molecule has 1 amide bonds. The molecule has 1 aromatic heterocycles. The molecule has 0 spiro atoms. The summed E-state index contributed by atoms with van der Waals surface area (Å²) in [7, 11) is -1.93. The molecule has 1 aromatic carbocycles. The number of ether oxygens (including phenoxy) is 1. The fourth-order valence-corrected chi connectivity index (χ4v) is 5.67. The predicted octanol–water partition coefficient (Wildman–Crippen LogP) is 0.991. The van der Waals surface area contributed by atoms with Crippen LogP contribution in [0.1, 0.15) is 28.2 Å². The van der Waals surface area contributed by atoms with E-state index < -0.39 is 10.0 Å². The summed E-state index contributed by atoms with van der Waals surface area (Å²) in [5.41, 5.74) is 2.13. The molecule has 2 aliphatic rings. The summed E-state index contributed by atoms with van der Waals surface area (Å²) in [5.74, 6) is 0.144. The first-order valence-corrected chi connectivity index (χ1v) is 10.3. The molecule has 27 heavy (non-hydrogen) atoms. The molecule has 3 heterocycles. The van der Waals surface area contributed by atoms with Gasteiger partial charge in [-0.25, -0.2) is 8.42 Å². The fraction of sp³-hybridized carbons (Fsp3) is 0.444. The molecule has 0 aliphatic carbocycles. The second kappa shape index (κ2) is 6.35. The number of rotatable bonds is 2. The molecule has 0 radical (unpaired) electrons. The van der Waals surface area contributed by atoms with E-state index >= 15 is 0 Å². The number of aromatic nitrogens is 2. The van der Waals surface area contributed by atoms with Gasteiger partial charge in [0.2, 0.25) is 10.0 Å². The van der Waals surface area contributed by atoms with Crippen molar-refractivity contribution in [1.82, 2.24) is 19.4 Å². The average Bonchev–Trinajstić information content (AvgIpc) is 3.11. The van der Waals surface area contributed by atoms with E-state index in [0.717, 1.165) is 11.3 Å². The van der Waals surface area contributed by atoms with Gasteiger partial charge < -0.3 is 10.1 Å². The van der Waals surface area contributed by atoms with Crippen LogP contribution in [0.4, 0.5) is 0 Å². The molecule has 0 unspecified atom stereocenters. The summed E-state index contributed by atoms with van der Waals surface area (Å²) in [6.07, 6.45) is 0.509. The van der Waals surface area contributed by atoms with E-state index in [4.69, 9.17) is 4.74 Å². The van der Waals surface area contributed by atoms with Crippen molar-refractivity contribution in [2.75, 3.05) is 13.2 Å². The maximum absolute atomic E-state index is 13.0. The fourth-order valence-electron chi connectivity index (χ4n) is 3.87. The number of hydrogen-bond acceptors (Lipinski definition) is 5. The van der Waals surface area contributed by atoms with Crippen molar-refractivity contribution in [2.45, 2.75) is 37.2 Å². The van der Waals surface area contributed by atoms with Crippen LogP contribution >= 0.6 is 0 Å². The summed E-state index contributed by atoms with van der Waals surface area (Å²) in [6.45, 7) is 4.21. The lowest BCUT2D eigenvalue weighted by molar-refractivity contribution is 0.0928. The smallest absolute Gasteiger partial charge is 0.270 e. The Labute approximate surface area is 158 Å². The Kier molecular flexibility index (Phi) is 4.23. The topological polar surface area (TPSA) is 93.5 Å². The monoisotopic (exact) mass is 390 g/mol. The normalized spacial score (nSPS) is 23.8. The Bertz CT molecular complexity index is 1010. The number of para-hydroxylation sites is 1. The minimum absolute atomic E-state index is 0.178. The Morgan fingerprint density at radius 1 is 1.30 bits per heavy atom. The zero-order valence-electron chi connectivity index (χ0n) is 15.5. The predicted molar refractivity (Wildman–Crippen MR) is 98.2 cm³/mol. The SMILES string of the molecule is Cc1nn(C)c(C(=O)N[C@H]2C[C@H]3COc4ccccc4S(=O)(=O)N3C2)c1C. The van der Waals surface area contributed by atoms with Crippen LogP contribution < -0.4 is 10.1 Å². The first-order chi connectivity index (χ1) is 12.8. The van der Waals surface area contributed by atoms with Crippen molar-refractivity contribution in [1.29, 1.82) is 0 Å². The van der Waals surface area contributed by atoms with Gasteiger partial charge in [0.15, 0.2) is 0 Å². The summed E-state index contributed by atoms with van der Waals surface area (Å²) in [6, 6.07) is 6.08. The largest absolute Gasteiger partial charge is 0.490 e. The number of benzene rings is 1. The Hall–Kier alpha value is -2.39. The Balaban J connectivity index is 1.56. The van der Waals surface area contributed by atoms with Gasteiger partial charge in [-0.1, -0.05) is 12.1 Å². The number of fused-ring (bicyclic) bond motifs is 2. The highest BCUT2D eigenvalue weighted by Gasteiger charge is 2.44. The summed E-state index contributed by atoms with van der Waals surface area (Å²) in [4.78, 5) is 12.9. The molecule has 9 heteroatoms. The number of hydrogen-bond donors (Lipinski definition) is 1. The van der Waals surface area contributed by atoms with Gasteiger partial charge in [0.25, 0.3) is 5.91 Å². The van der Waals surface area contributed by atoms with Gasteiger partial charge in [0.05, 0.1) is 11.7 Å². The lowest BCUT2D eigenvalue weighted by atomic mass is 10.1. The summed E-state index contributed by atoms with van der Waals surface area (Å²) < 4.78 is 34.8. The van der Waals surface area contributed by atoms with Crippen LogP contribution in [0.5, 0.6) is 5.75 Å². The van der Waals surface area contributed by atoms with E-state index in [1.54, 1.807) is 36.0 Å². The number of amides is 1. The zero-order chi connectivity index (χ0) is 19.3. The molecule has 8 nitrogen and oxygen atoms in total. The highest BCUT2D eigenvalue weighted by molar-refractivity contribution is 7.89. The molecule has 0 saturated carbocycles. The van der Waals surface area contributed by atoms with E-state index in [-0.39, 0.29) is 36.0 Å². The highest BCUT2D eigenvalue weighted by Crippen LogP contribution is 2.35. The van der Waals surface area contributed by atoms with E-state index in [0.29, 0.717) is 17.9 Å². The highest BCUT2D eigenvalue weighted by atomic mass is 32.2. The van der Waals surface area contributed by atoms with Gasteiger partial charge in [-0.3, -0.25) is 9.48 Å². The molecule has 4 rings (SSSR count). The third kappa shape index (κ3) is 2.90. The molecule has 1 saturated heterocycles. The number of aryl methyl sites for hydroxylation is 2. The van der Waals surface area contributed by atoms with Crippen LogP contribution in [-0.2, 0) is 17.1 Å². The number of carbonyl (C=O) groups excluding carboxylic acids is 1. The van der Waals surface area contributed by atoms with Crippen molar-refractivity contribution in [3.63, 3.8) is 0 Å². The lowest BCUT2D eigenvalue weighted by Gasteiger charge is -2.19. The maximum Gasteiger partial charge on any atom is 0.270 e. The Morgan fingerprint density at radius 3 is 2.74 bits per heavy atom. The number of nitrogens with zero attached hydrogens (tertiary/aromatic N) is 3. The van der Waals surface area contributed by atoms with E-state index in [1.165, 1.54) is 4.31 Å². The van der Waals surface area contributed by atoms with Gasteiger partial charge >= 0.3 is 0 Å². The molecule has 2 aliphatic heterocycles. The second-order valence-electron chi connectivity index (χ2n) is 7.07. The van der Waals surface area contributed by atoms with Crippen molar-refractivity contribution >= 4 is 15.9 Å². The van der Waals surface area contributed by atoms with Crippen LogP contribution in [0, 0.1) is 13.8 Å². The third-order valence-electron chi connectivity index (χ3n) is 5.30. The molecular formula is C18H22N4O4S. The Morgan fingerprint density at radius 2 is 2.04 bits per heavy atom. The maximum atomic E-state index is 13.0. The summed E-state index contributed by atoms with van der Waals surface area (Å²) in [5, 5.41) is 7.24. The lowest BCUT2D eigenvalue weighted by Crippen LogP contribution is -2.40. The first kappa shape index (κ1) is 18.0. The van der Waals surface area contributed by atoms with Crippen LogP contribution in [0.25, 0.3) is 0 Å². The molecule has 0 bridgehead atoms. The molecular weight excluding hydrogens is 368 g/mol. The van der Waals surface area contributed by atoms with Gasteiger partial charge in [0.1, 0.15) is 22.9 Å². The number of carbonyl (C=O) groups is 1. The van der Waals surface area contributed by atoms with Crippen LogP contribution in [0.2, 0.25) is 0 Å². The minimum atomic E-state index is -3.66. The van der Waals surface area contributed by atoms with Crippen LogP contribution in [-0.4, -0.2) is 53.6 Å². The van der Waals surface area contributed by atoms with Crippen molar-refractivity contribution in [2.24, 2.45) is 7.05 Å². The second-order valence-corrected chi connectivity index (χ2v) is 8.93. The van der Waals surface area contributed by atoms with Gasteiger partial charge in [-0.2, -0.15) is 9.40 Å². The number of sulfonamides is 1. The van der Waals surface area contributed by atoms with Gasteiger partial charge in [-0.15, -0.1) is 0 Å². The average molecular weight is 390 g/mol. The van der Waals surface area contributed by atoms with Crippen molar-refractivity contribution < 1.29 is 17.9 Å². The molecule has 2 atom stereocenters. The molecule has 2 aromatic rings. The quantitative estimate of drug-likeness (QED) is 0.825.